The molecule has 12 heteroatoms. The second-order valence-electron chi connectivity index (χ2n) is 5.51. The number of carbonyl (C=O) groups is 1. The number of rotatable bonds is 4. The monoisotopic (exact) mass is 440 g/mol. The summed E-state index contributed by atoms with van der Waals surface area (Å²) in [4.78, 5) is 31.2. The van der Waals surface area contributed by atoms with E-state index in [1.54, 1.807) is 24.0 Å². The molecule has 28 heavy (non-hydrogen) atoms. The Hall–Kier alpha value is -2.29. The second-order valence-corrected chi connectivity index (χ2v) is 8.07. The van der Waals surface area contributed by atoms with Crippen LogP contribution in [0.15, 0.2) is 34.6 Å². The summed E-state index contributed by atoms with van der Waals surface area (Å²) in [6.07, 6.45) is 5.96. The summed E-state index contributed by atoms with van der Waals surface area (Å²) >= 11 is 8.65. The maximum absolute atomic E-state index is 10.4. The third kappa shape index (κ3) is 7.03. The predicted molar refractivity (Wildman–Crippen MR) is 110 cm³/mol. The van der Waals surface area contributed by atoms with Crippen LogP contribution < -0.4 is 0 Å². The van der Waals surface area contributed by atoms with Gasteiger partial charge in [-0.2, -0.15) is 5.26 Å². The molecular weight excluding hydrogens is 424 g/mol. The van der Waals surface area contributed by atoms with Crippen LogP contribution in [0.2, 0.25) is 5.15 Å². The Morgan fingerprint density at radius 3 is 2.86 bits per heavy atom. The summed E-state index contributed by atoms with van der Waals surface area (Å²) in [5.41, 5.74) is 1.07. The van der Waals surface area contributed by atoms with Gasteiger partial charge in [0.05, 0.1) is 4.92 Å². The minimum atomic E-state index is -0.538. The SMILES string of the molecule is N#CN=C1SCCN1Cc1ccc(Cl)nc1.O=CN1CCCSC1=C[N+](=O)[O-]. The molecule has 0 aromatic carbocycles. The summed E-state index contributed by atoms with van der Waals surface area (Å²) < 4.78 is 0. The first kappa shape index (κ1) is 22.0. The number of nitro groups is 1. The van der Waals surface area contributed by atoms with E-state index in [0.717, 1.165) is 47.9 Å². The smallest absolute Gasteiger partial charge is 0.264 e. The molecule has 1 aromatic rings. The summed E-state index contributed by atoms with van der Waals surface area (Å²) in [5, 5.41) is 20.4. The van der Waals surface area contributed by atoms with E-state index in [1.807, 2.05) is 12.3 Å². The van der Waals surface area contributed by atoms with Gasteiger partial charge >= 0.3 is 0 Å². The molecule has 1 amide bonds. The highest BCUT2D eigenvalue weighted by Crippen LogP contribution is 2.25. The van der Waals surface area contributed by atoms with Crippen molar-refractivity contribution < 1.29 is 9.72 Å². The first-order chi connectivity index (χ1) is 13.5. The molecule has 0 bridgehead atoms. The summed E-state index contributed by atoms with van der Waals surface area (Å²) in [6, 6.07) is 3.70. The largest absolute Gasteiger partial charge is 0.345 e. The van der Waals surface area contributed by atoms with E-state index < -0.39 is 4.92 Å². The molecule has 0 atom stereocenters. The normalized spacial score (nSPS) is 19.1. The Labute approximate surface area is 175 Å². The molecule has 0 radical (unpaired) electrons. The topological polar surface area (TPSA) is 116 Å². The van der Waals surface area contributed by atoms with Crippen molar-refractivity contribution in [3.8, 4) is 6.19 Å². The molecule has 0 saturated carbocycles. The van der Waals surface area contributed by atoms with Gasteiger partial charge < -0.3 is 9.80 Å². The molecule has 2 fully saturated rings. The number of amides is 1. The molecule has 0 spiro atoms. The zero-order chi connectivity index (χ0) is 20.4. The maximum atomic E-state index is 10.4. The van der Waals surface area contributed by atoms with Crippen LogP contribution in [0.5, 0.6) is 0 Å². The molecule has 1 aromatic heterocycles. The predicted octanol–water partition coefficient (Wildman–Crippen LogP) is 2.78. The summed E-state index contributed by atoms with van der Waals surface area (Å²) in [6.45, 7) is 2.21. The Kier molecular flexibility index (Phi) is 9.06. The highest BCUT2D eigenvalue weighted by molar-refractivity contribution is 8.14. The lowest BCUT2D eigenvalue weighted by Gasteiger charge is -2.22. The molecule has 2 saturated heterocycles. The fourth-order valence-electron chi connectivity index (χ4n) is 2.36. The van der Waals surface area contributed by atoms with Crippen molar-refractivity contribution in [2.24, 2.45) is 4.99 Å². The third-order valence-electron chi connectivity index (χ3n) is 3.59. The van der Waals surface area contributed by atoms with Gasteiger partial charge in [-0.3, -0.25) is 14.9 Å². The van der Waals surface area contributed by atoms with E-state index >= 15 is 0 Å². The van der Waals surface area contributed by atoms with Crippen LogP contribution in [0.4, 0.5) is 0 Å². The van der Waals surface area contributed by atoms with Gasteiger partial charge in [0.25, 0.3) is 6.20 Å². The Morgan fingerprint density at radius 2 is 2.21 bits per heavy atom. The third-order valence-corrected chi connectivity index (χ3v) is 5.94. The number of thioether (sulfide) groups is 2. The molecule has 0 N–H and O–H groups in total. The number of aliphatic imine (C=N–C) groups is 1. The van der Waals surface area contributed by atoms with Crippen molar-refractivity contribution in [3.63, 3.8) is 0 Å². The lowest BCUT2D eigenvalue weighted by molar-refractivity contribution is -0.403. The summed E-state index contributed by atoms with van der Waals surface area (Å²) in [7, 11) is 0. The number of pyridine rings is 1. The van der Waals surface area contributed by atoms with Crippen molar-refractivity contribution in [2.75, 3.05) is 24.6 Å². The highest BCUT2D eigenvalue weighted by Gasteiger charge is 2.19. The molecule has 3 rings (SSSR count). The molecule has 9 nitrogen and oxygen atoms in total. The van der Waals surface area contributed by atoms with Gasteiger partial charge in [0.1, 0.15) is 10.2 Å². The minimum absolute atomic E-state index is 0.432. The number of nitriles is 1. The van der Waals surface area contributed by atoms with E-state index in [1.165, 1.54) is 16.7 Å². The molecule has 148 valence electrons. The van der Waals surface area contributed by atoms with Crippen LogP contribution in [0.1, 0.15) is 12.0 Å². The van der Waals surface area contributed by atoms with Gasteiger partial charge in [-0.05, 0) is 18.1 Å². The zero-order valence-electron chi connectivity index (χ0n) is 14.7. The second kappa shape index (κ2) is 11.5. The average molecular weight is 441 g/mol. The van der Waals surface area contributed by atoms with Crippen molar-refractivity contribution in [1.29, 1.82) is 5.26 Å². The van der Waals surface area contributed by atoms with E-state index in [4.69, 9.17) is 16.9 Å². The van der Waals surface area contributed by atoms with E-state index in [0.29, 0.717) is 23.1 Å². The first-order valence-electron chi connectivity index (χ1n) is 8.18. The zero-order valence-corrected chi connectivity index (χ0v) is 17.1. The molecular formula is C16H17ClN6O3S2. The molecule has 0 aliphatic carbocycles. The highest BCUT2D eigenvalue weighted by atomic mass is 35.5. The number of hydrogen-bond donors (Lipinski definition) is 0. The van der Waals surface area contributed by atoms with Crippen molar-refractivity contribution in [2.45, 2.75) is 13.0 Å². The van der Waals surface area contributed by atoms with Crippen LogP contribution >= 0.6 is 35.1 Å². The van der Waals surface area contributed by atoms with E-state index in [2.05, 4.69) is 14.9 Å². The van der Waals surface area contributed by atoms with Gasteiger partial charge in [-0.15, -0.1) is 16.8 Å². The molecule has 0 unspecified atom stereocenters. The Bertz CT molecular complexity index is 797. The quantitative estimate of drug-likeness (QED) is 0.231. The number of halogens is 1. The average Bonchev–Trinajstić information content (AvgIpc) is 3.11. The number of hydrogen-bond acceptors (Lipinski definition) is 8. The maximum Gasteiger partial charge on any atom is 0.264 e. The lowest BCUT2D eigenvalue weighted by atomic mass is 10.3. The fraction of sp³-hybridized carbons (Fsp3) is 0.375. The first-order valence-corrected chi connectivity index (χ1v) is 10.5. The van der Waals surface area contributed by atoms with Crippen LogP contribution in [-0.2, 0) is 11.3 Å². The van der Waals surface area contributed by atoms with Gasteiger partial charge in [0, 0.05) is 37.3 Å². The summed E-state index contributed by atoms with van der Waals surface area (Å²) in [5.74, 6) is 1.81. The van der Waals surface area contributed by atoms with Gasteiger partial charge in [-0.1, -0.05) is 29.4 Å². The molecule has 2 aliphatic heterocycles. The fourth-order valence-corrected chi connectivity index (χ4v) is 4.35. The van der Waals surface area contributed by atoms with Gasteiger partial charge in [-0.25, -0.2) is 4.98 Å². The Balaban J connectivity index is 0.000000209. The Morgan fingerprint density at radius 1 is 1.39 bits per heavy atom. The van der Waals surface area contributed by atoms with Gasteiger partial charge in [0.15, 0.2) is 5.17 Å². The number of amidine groups is 1. The van der Waals surface area contributed by atoms with Crippen LogP contribution in [-0.4, -0.2) is 55.9 Å². The van der Waals surface area contributed by atoms with E-state index in [9.17, 15) is 14.9 Å². The van der Waals surface area contributed by atoms with Crippen molar-refractivity contribution in [3.05, 3.63) is 50.4 Å². The lowest BCUT2D eigenvalue weighted by Crippen LogP contribution is -2.25. The van der Waals surface area contributed by atoms with Crippen LogP contribution in [0.3, 0.4) is 0 Å². The standard InChI is InChI=1S/C10H9ClN4S.C6H8N2O3S/c11-9-2-1-8(5-13-9)6-15-3-4-16-10(15)14-7-12;9-5-7-2-1-3-12-6(7)4-8(10)11/h1-2,5H,3-4,6H2;4-5H,1-3H2. The molecule has 3 heterocycles. The number of aromatic nitrogens is 1. The minimum Gasteiger partial charge on any atom is -0.345 e. The number of carbonyl (C=O) groups excluding carboxylic acids is 1. The number of nitrogens with zero attached hydrogens (tertiary/aromatic N) is 6. The molecule has 2 aliphatic rings. The van der Waals surface area contributed by atoms with Crippen molar-refractivity contribution >= 4 is 46.7 Å². The van der Waals surface area contributed by atoms with Crippen LogP contribution in [0, 0.1) is 21.6 Å². The van der Waals surface area contributed by atoms with Crippen molar-refractivity contribution in [1.82, 2.24) is 14.8 Å². The van der Waals surface area contributed by atoms with E-state index in [-0.39, 0.29) is 0 Å². The van der Waals surface area contributed by atoms with Gasteiger partial charge in [0.2, 0.25) is 12.6 Å². The van der Waals surface area contributed by atoms with Crippen LogP contribution in [0.25, 0.3) is 0 Å².